The summed E-state index contributed by atoms with van der Waals surface area (Å²) in [5.41, 5.74) is 8.94. The number of para-hydroxylation sites is 4. The van der Waals surface area contributed by atoms with E-state index in [9.17, 15) is 0 Å². The molecule has 0 amide bonds. The van der Waals surface area contributed by atoms with Crippen molar-refractivity contribution in [1.82, 2.24) is 18.9 Å². The second-order valence-electron chi connectivity index (χ2n) is 12.2. The van der Waals surface area contributed by atoms with Crippen LogP contribution in [0.1, 0.15) is 0 Å². The van der Waals surface area contributed by atoms with Gasteiger partial charge in [-0.25, -0.2) is 9.97 Å². The van der Waals surface area contributed by atoms with Gasteiger partial charge in [-0.2, -0.15) is 0 Å². The zero-order chi connectivity index (χ0) is 29.9. The van der Waals surface area contributed by atoms with Crippen LogP contribution >= 0.6 is 0 Å². The average molecular weight is 585 g/mol. The van der Waals surface area contributed by atoms with Crippen molar-refractivity contribution in [2.24, 2.45) is 0 Å². The molecule has 0 spiro atoms. The summed E-state index contributed by atoms with van der Waals surface area (Å²) < 4.78 is 4.81. The highest BCUT2D eigenvalue weighted by molar-refractivity contribution is 6.39. The molecule has 0 radical (unpaired) electrons. The van der Waals surface area contributed by atoms with Crippen LogP contribution in [0, 0.1) is 0 Å². The van der Waals surface area contributed by atoms with Gasteiger partial charge < -0.3 is 4.40 Å². The lowest BCUT2D eigenvalue weighted by molar-refractivity contribution is 1.02. The largest absolute Gasteiger partial charge is 0.307 e. The van der Waals surface area contributed by atoms with Gasteiger partial charge in [0.25, 0.3) is 0 Å². The van der Waals surface area contributed by atoms with Crippen molar-refractivity contribution >= 4 is 81.6 Å². The first kappa shape index (κ1) is 24.1. The molecule has 0 saturated heterocycles. The van der Waals surface area contributed by atoms with Crippen LogP contribution in [0.5, 0.6) is 0 Å². The molecule has 0 aliphatic carbocycles. The lowest BCUT2D eigenvalue weighted by atomic mass is 9.98. The number of hydrogen-bond donors (Lipinski definition) is 0. The van der Waals surface area contributed by atoms with Crippen molar-refractivity contribution in [3.8, 4) is 17.2 Å². The maximum atomic E-state index is 5.37. The van der Waals surface area contributed by atoms with Crippen LogP contribution in [0.25, 0.3) is 98.8 Å². The summed E-state index contributed by atoms with van der Waals surface area (Å²) in [6.45, 7) is 0. The Kier molecular flexibility index (Phi) is 4.55. The molecule has 4 aromatic heterocycles. The topological polar surface area (TPSA) is 35.1 Å². The van der Waals surface area contributed by atoms with Crippen LogP contribution in [0.3, 0.4) is 0 Å². The highest BCUT2D eigenvalue weighted by atomic mass is 15.2. The Labute approximate surface area is 262 Å². The van der Waals surface area contributed by atoms with Gasteiger partial charge in [0.05, 0.1) is 38.8 Å². The Morgan fingerprint density at radius 2 is 0.935 bits per heavy atom. The maximum absolute atomic E-state index is 5.37. The Morgan fingerprint density at radius 1 is 0.370 bits per heavy atom. The molecule has 4 heterocycles. The van der Waals surface area contributed by atoms with Gasteiger partial charge in [0.2, 0.25) is 5.95 Å². The Balaban J connectivity index is 1.41. The number of nitrogens with zero attached hydrogens (tertiary/aromatic N) is 4. The molecule has 7 aromatic carbocycles. The van der Waals surface area contributed by atoms with E-state index in [0.717, 1.165) is 33.2 Å². The van der Waals surface area contributed by atoms with E-state index in [4.69, 9.17) is 9.97 Å². The molecule has 4 nitrogen and oxygen atoms in total. The smallest absolute Gasteiger partial charge is 0.235 e. The molecule has 46 heavy (non-hydrogen) atoms. The zero-order valence-electron chi connectivity index (χ0n) is 24.6. The molecule has 212 valence electrons. The third kappa shape index (κ3) is 2.94. The Bertz CT molecular complexity index is 3020. The monoisotopic (exact) mass is 584 g/mol. The highest BCUT2D eigenvalue weighted by Crippen LogP contribution is 2.48. The van der Waals surface area contributed by atoms with Crippen molar-refractivity contribution in [3.05, 3.63) is 146 Å². The highest BCUT2D eigenvalue weighted by Gasteiger charge is 2.26. The lowest BCUT2D eigenvalue weighted by Gasteiger charge is -2.13. The third-order valence-electron chi connectivity index (χ3n) is 9.83. The summed E-state index contributed by atoms with van der Waals surface area (Å²) in [6, 6.07) is 51.9. The number of benzene rings is 7. The van der Waals surface area contributed by atoms with E-state index in [-0.39, 0.29) is 0 Å². The van der Waals surface area contributed by atoms with Crippen molar-refractivity contribution in [3.63, 3.8) is 0 Å². The molecule has 0 aliphatic heterocycles. The van der Waals surface area contributed by atoms with Gasteiger partial charge >= 0.3 is 0 Å². The first-order valence-electron chi connectivity index (χ1n) is 15.7. The predicted molar refractivity (Wildman–Crippen MR) is 191 cm³/mol. The summed E-state index contributed by atoms with van der Waals surface area (Å²) in [4.78, 5) is 10.6. The number of aromatic nitrogens is 4. The molecule has 0 N–H and O–H groups in total. The number of hydrogen-bond acceptors (Lipinski definition) is 2. The summed E-state index contributed by atoms with van der Waals surface area (Å²) in [7, 11) is 0. The van der Waals surface area contributed by atoms with Crippen LogP contribution in [-0.2, 0) is 0 Å². The van der Waals surface area contributed by atoms with E-state index < -0.39 is 0 Å². The zero-order valence-corrected chi connectivity index (χ0v) is 24.6. The summed E-state index contributed by atoms with van der Waals surface area (Å²) in [5, 5.41) is 11.0. The number of rotatable bonds is 2. The molecule has 0 atom stereocenters. The summed E-state index contributed by atoms with van der Waals surface area (Å²) in [6.07, 6.45) is 0. The van der Waals surface area contributed by atoms with Crippen molar-refractivity contribution in [1.29, 1.82) is 0 Å². The van der Waals surface area contributed by atoms with Crippen molar-refractivity contribution in [2.45, 2.75) is 0 Å². The fraction of sp³-hybridized carbons (Fsp3) is 0. The molecule has 4 heteroatoms. The lowest BCUT2D eigenvalue weighted by Crippen LogP contribution is -2.03. The quantitative estimate of drug-likeness (QED) is 0.203. The standard InChI is InChI=1S/C42H24N4/c1-2-13-25(14-3-1)38-30-18-6-9-22-33(30)43-42(44-38)46-35-24-11-8-19-31(35)36-37-32-21-12-20-27-26-15-7-10-23-34(26)45(39(27)32)40(37)28-16-4-5-17-29(28)41(36)46/h1-24H. The molecule has 0 bridgehead atoms. The van der Waals surface area contributed by atoms with Gasteiger partial charge in [0, 0.05) is 54.0 Å². The van der Waals surface area contributed by atoms with E-state index in [0.29, 0.717) is 5.95 Å². The fourth-order valence-corrected chi connectivity index (χ4v) is 8.03. The van der Waals surface area contributed by atoms with E-state index in [1.807, 2.05) is 6.07 Å². The first-order chi connectivity index (χ1) is 22.9. The van der Waals surface area contributed by atoms with Crippen molar-refractivity contribution in [2.75, 3.05) is 0 Å². The van der Waals surface area contributed by atoms with Gasteiger partial charge in [0.15, 0.2) is 0 Å². The van der Waals surface area contributed by atoms with Crippen LogP contribution in [0.4, 0.5) is 0 Å². The van der Waals surface area contributed by atoms with Crippen LogP contribution in [0.2, 0.25) is 0 Å². The maximum Gasteiger partial charge on any atom is 0.235 e. The summed E-state index contributed by atoms with van der Waals surface area (Å²) in [5.74, 6) is 0.676. The molecule has 0 aliphatic rings. The van der Waals surface area contributed by atoms with Gasteiger partial charge in [-0.15, -0.1) is 0 Å². The molecule has 0 unspecified atom stereocenters. The van der Waals surface area contributed by atoms with E-state index in [1.54, 1.807) is 0 Å². The first-order valence-corrected chi connectivity index (χ1v) is 15.7. The minimum atomic E-state index is 0.676. The average Bonchev–Trinajstić information content (AvgIpc) is 3.77. The fourth-order valence-electron chi connectivity index (χ4n) is 8.03. The molecule has 11 rings (SSSR count). The molecule has 11 aromatic rings. The van der Waals surface area contributed by atoms with Gasteiger partial charge in [0.1, 0.15) is 0 Å². The minimum Gasteiger partial charge on any atom is -0.307 e. The second kappa shape index (κ2) is 8.68. The van der Waals surface area contributed by atoms with Gasteiger partial charge in [-0.1, -0.05) is 127 Å². The van der Waals surface area contributed by atoms with Gasteiger partial charge in [-0.3, -0.25) is 4.57 Å². The Morgan fingerprint density at radius 3 is 1.76 bits per heavy atom. The van der Waals surface area contributed by atoms with Crippen LogP contribution < -0.4 is 0 Å². The molecular weight excluding hydrogens is 560 g/mol. The van der Waals surface area contributed by atoms with Crippen molar-refractivity contribution < 1.29 is 0 Å². The van der Waals surface area contributed by atoms with Crippen LogP contribution in [0.15, 0.2) is 146 Å². The second-order valence-corrected chi connectivity index (χ2v) is 12.2. The van der Waals surface area contributed by atoms with Gasteiger partial charge in [-0.05, 0) is 18.2 Å². The van der Waals surface area contributed by atoms with E-state index in [2.05, 4.69) is 148 Å². The molecule has 0 saturated carbocycles. The Hall–Kier alpha value is -6.26. The molecule has 0 fully saturated rings. The SMILES string of the molecule is c1ccc(-c2nc(-n3c4ccccc4c4c5c6cccc7c8ccccc8n(c76)c5c5ccccc5c43)nc3ccccc23)cc1. The normalized spacial score (nSPS) is 12.3. The summed E-state index contributed by atoms with van der Waals surface area (Å²) >= 11 is 0. The van der Waals surface area contributed by atoms with E-state index in [1.165, 1.54) is 59.6 Å². The number of fused-ring (bicyclic) bond motifs is 14. The third-order valence-corrected chi connectivity index (χ3v) is 9.83. The minimum absolute atomic E-state index is 0.676. The van der Waals surface area contributed by atoms with E-state index >= 15 is 0 Å². The molecular formula is C42H24N4. The van der Waals surface area contributed by atoms with Crippen LogP contribution in [-0.4, -0.2) is 18.9 Å². The predicted octanol–water partition coefficient (Wildman–Crippen LogP) is 10.7.